The number of hydrogen-bond acceptors (Lipinski definition) is 14. The van der Waals surface area contributed by atoms with E-state index in [1.807, 2.05) is 0 Å². The lowest BCUT2D eigenvalue weighted by Gasteiger charge is -2.40. The van der Waals surface area contributed by atoms with Gasteiger partial charge in [0.1, 0.15) is 11.2 Å². The van der Waals surface area contributed by atoms with Crippen LogP contribution in [0.15, 0.2) is 83.1 Å². The largest absolute Gasteiger partial charge is 0.459 e. The second-order valence-electron chi connectivity index (χ2n) is 21.0. The van der Waals surface area contributed by atoms with Crippen LogP contribution in [-0.2, 0) is 51.6 Å². The Bertz CT molecular complexity index is 2680. The van der Waals surface area contributed by atoms with Gasteiger partial charge in [-0.25, -0.2) is 34.4 Å². The number of benzene rings is 2. The molecule has 0 spiro atoms. The molecular weight excluding hydrogens is 965 g/mol. The van der Waals surface area contributed by atoms with E-state index in [1.165, 1.54) is 49.1 Å². The van der Waals surface area contributed by atoms with E-state index in [1.54, 1.807) is 65.8 Å². The highest BCUT2D eigenvalue weighted by atomic mass is 32.2. The van der Waals surface area contributed by atoms with Crippen molar-refractivity contribution in [3.63, 3.8) is 0 Å². The van der Waals surface area contributed by atoms with Crippen molar-refractivity contribution in [3.8, 4) is 22.5 Å². The highest BCUT2D eigenvalue weighted by Gasteiger charge is 2.56. The van der Waals surface area contributed by atoms with Gasteiger partial charge in [0.05, 0.1) is 45.0 Å². The van der Waals surface area contributed by atoms with E-state index in [0.29, 0.717) is 66.1 Å². The normalized spacial score (nSPS) is 17.9. The lowest BCUT2D eigenvalue weighted by Crippen LogP contribution is -2.56. The van der Waals surface area contributed by atoms with Crippen LogP contribution in [0.5, 0.6) is 0 Å². The zero-order valence-corrected chi connectivity index (χ0v) is 43.4. The van der Waals surface area contributed by atoms with Gasteiger partial charge in [-0.2, -0.15) is 0 Å². The van der Waals surface area contributed by atoms with Crippen LogP contribution in [0.25, 0.3) is 22.5 Å². The van der Waals surface area contributed by atoms with Gasteiger partial charge in [-0.15, -0.1) is 0 Å². The molecule has 7 rings (SSSR count). The number of alkyl halides is 4. The second-order valence-corrected chi connectivity index (χ2v) is 25.5. The molecule has 0 unspecified atom stereocenters. The molecule has 1 aliphatic carbocycles. The van der Waals surface area contributed by atoms with Crippen LogP contribution in [0.4, 0.5) is 17.6 Å². The van der Waals surface area contributed by atoms with Gasteiger partial charge in [0, 0.05) is 55.5 Å². The molecule has 3 aliphatic rings. The average Bonchev–Trinajstić information content (AvgIpc) is 4.16. The summed E-state index contributed by atoms with van der Waals surface area (Å²) in [5.41, 5.74) is 1.52. The standard InChI is InChI=1S/C27H35F2N3O4S.C24H31F2N3O4S/c1-25(2,3)36-24(33)27(13-15-32(16-14-27)21-7-8-21)37(34,35)22-9-5-19(6-10-22)23-18-30-20(17-31-23)11-12-26(4,28)29;1-22(2,3)33-21(30)24(11-13-27-14-12-24)34(31,32)19-7-5-17(6-8-19)20-16-28-18(15-29-20)9-10-23(4,25)26/h5-6,9-10,17-18,21H,7-8,11-16H2,1-4H3;5-8,15-16,27H,9-14H2,1-4H3. The molecule has 2 aliphatic heterocycles. The van der Waals surface area contributed by atoms with E-state index >= 15 is 0 Å². The van der Waals surface area contributed by atoms with E-state index in [-0.39, 0.29) is 61.2 Å². The van der Waals surface area contributed by atoms with Crippen LogP contribution in [-0.4, -0.2) is 118 Å². The maximum atomic E-state index is 14.0. The summed E-state index contributed by atoms with van der Waals surface area (Å²) < 4.78 is 115. The third-order valence-electron chi connectivity index (χ3n) is 12.6. The molecule has 71 heavy (non-hydrogen) atoms. The Labute approximate surface area is 415 Å². The zero-order chi connectivity index (χ0) is 52.3. The molecule has 2 aromatic carbocycles. The summed E-state index contributed by atoms with van der Waals surface area (Å²) in [6.07, 6.45) is 8.29. The summed E-state index contributed by atoms with van der Waals surface area (Å²) >= 11 is 0. The minimum atomic E-state index is -4.06. The van der Waals surface area contributed by atoms with Crippen LogP contribution in [0.2, 0.25) is 0 Å². The molecule has 0 bridgehead atoms. The van der Waals surface area contributed by atoms with Gasteiger partial charge >= 0.3 is 11.9 Å². The van der Waals surface area contributed by atoms with Gasteiger partial charge < -0.3 is 19.7 Å². The monoisotopic (exact) mass is 1030 g/mol. The number of carbonyl (C=O) groups is 2. The Balaban J connectivity index is 0.000000233. The summed E-state index contributed by atoms with van der Waals surface area (Å²) in [4.78, 5) is 45.8. The number of aromatic nitrogens is 4. The number of ether oxygens (including phenoxy) is 2. The summed E-state index contributed by atoms with van der Waals surface area (Å²) in [5.74, 6) is -6.97. The molecule has 388 valence electrons. The number of sulfone groups is 2. The molecule has 0 radical (unpaired) electrons. The van der Waals surface area contributed by atoms with Crippen LogP contribution in [0, 0.1) is 0 Å². The minimum absolute atomic E-state index is 0.0266. The summed E-state index contributed by atoms with van der Waals surface area (Å²) in [5, 5.41) is 3.10. The lowest BCUT2D eigenvalue weighted by atomic mass is 9.95. The average molecular weight is 1030 g/mol. The molecule has 1 saturated carbocycles. The number of halogens is 4. The van der Waals surface area contributed by atoms with Crippen molar-refractivity contribution in [1.29, 1.82) is 0 Å². The van der Waals surface area contributed by atoms with Crippen LogP contribution in [0.3, 0.4) is 0 Å². The minimum Gasteiger partial charge on any atom is -0.459 e. The molecule has 14 nitrogen and oxygen atoms in total. The maximum absolute atomic E-state index is 14.0. The van der Waals surface area contributed by atoms with Crippen molar-refractivity contribution in [3.05, 3.63) is 84.7 Å². The van der Waals surface area contributed by atoms with Gasteiger partial charge in [0.2, 0.25) is 11.8 Å². The van der Waals surface area contributed by atoms with E-state index < -0.39 is 64.2 Å². The number of rotatable bonds is 15. The predicted octanol–water partition coefficient (Wildman–Crippen LogP) is 8.81. The van der Waals surface area contributed by atoms with E-state index in [9.17, 15) is 44.0 Å². The first-order valence-corrected chi connectivity index (χ1v) is 26.9. The van der Waals surface area contributed by atoms with E-state index in [2.05, 4.69) is 30.2 Å². The third-order valence-corrected chi connectivity index (χ3v) is 17.6. The molecular formula is C51H66F4N6O8S2. The van der Waals surface area contributed by atoms with Crippen LogP contribution in [0.1, 0.15) is 118 Å². The number of nitrogens with one attached hydrogen (secondary N) is 1. The van der Waals surface area contributed by atoms with Crippen molar-refractivity contribution in [2.24, 2.45) is 0 Å². The van der Waals surface area contributed by atoms with Gasteiger partial charge in [0.15, 0.2) is 29.2 Å². The molecule has 0 atom stereocenters. The van der Waals surface area contributed by atoms with Gasteiger partial charge in [-0.3, -0.25) is 29.5 Å². The first-order valence-electron chi connectivity index (χ1n) is 23.9. The number of hydrogen-bond donors (Lipinski definition) is 1. The highest BCUT2D eigenvalue weighted by Crippen LogP contribution is 2.42. The van der Waals surface area contributed by atoms with Crippen molar-refractivity contribution in [2.75, 3.05) is 26.2 Å². The van der Waals surface area contributed by atoms with Gasteiger partial charge in [0.25, 0.3) is 0 Å². The van der Waals surface area contributed by atoms with Gasteiger partial charge in [-0.05, 0) is 144 Å². The van der Waals surface area contributed by atoms with E-state index in [0.717, 1.165) is 26.7 Å². The quantitative estimate of drug-likeness (QED) is 0.0879. The topological polar surface area (TPSA) is 188 Å². The summed E-state index contributed by atoms with van der Waals surface area (Å²) in [6, 6.07) is 12.8. The number of aryl methyl sites for hydroxylation is 2. The number of nitrogens with zero attached hydrogens (tertiary/aromatic N) is 5. The molecule has 4 heterocycles. The molecule has 0 amide bonds. The Kier molecular flexibility index (Phi) is 16.6. The fourth-order valence-electron chi connectivity index (χ4n) is 8.45. The number of likely N-dealkylation sites (tertiary alicyclic amines) is 1. The smallest absolute Gasteiger partial charge is 0.328 e. The Morgan fingerprint density at radius 3 is 1.27 bits per heavy atom. The first-order chi connectivity index (χ1) is 32.9. The van der Waals surface area contributed by atoms with E-state index in [4.69, 9.17) is 9.47 Å². The molecule has 20 heteroatoms. The molecule has 2 aromatic heterocycles. The lowest BCUT2D eigenvalue weighted by molar-refractivity contribution is -0.160. The SMILES string of the molecule is CC(F)(F)CCc1cnc(-c2ccc(S(=O)(=O)C3(C(=O)OC(C)(C)C)CCN(C4CC4)CC3)cc2)cn1.CC(F)(F)CCc1cnc(-c2ccc(S(=O)(=O)C3(C(=O)OC(C)(C)C)CCNCC3)cc2)cn1. The van der Waals surface area contributed by atoms with Crippen LogP contribution < -0.4 is 5.32 Å². The fourth-order valence-corrected chi connectivity index (χ4v) is 12.3. The Morgan fingerprint density at radius 2 is 0.958 bits per heavy atom. The van der Waals surface area contributed by atoms with Crippen molar-refractivity contribution in [2.45, 2.75) is 168 Å². The molecule has 3 fully saturated rings. The Hall–Kier alpha value is -4.92. The predicted molar refractivity (Wildman–Crippen MR) is 260 cm³/mol. The number of esters is 2. The fraction of sp³-hybridized carbons (Fsp3) is 0.569. The van der Waals surface area contributed by atoms with Crippen LogP contribution >= 0.6 is 0 Å². The Morgan fingerprint density at radius 1 is 0.592 bits per heavy atom. The molecule has 1 N–H and O–H groups in total. The third kappa shape index (κ3) is 14.0. The van der Waals surface area contributed by atoms with Crippen molar-refractivity contribution >= 4 is 31.6 Å². The maximum Gasteiger partial charge on any atom is 0.328 e. The number of carbonyl (C=O) groups excluding carboxylic acids is 2. The highest BCUT2D eigenvalue weighted by molar-refractivity contribution is 7.94. The van der Waals surface area contributed by atoms with Crippen molar-refractivity contribution < 1.29 is 53.5 Å². The van der Waals surface area contributed by atoms with Crippen molar-refractivity contribution in [1.82, 2.24) is 30.2 Å². The summed E-state index contributed by atoms with van der Waals surface area (Å²) in [6.45, 7) is 13.9. The second kappa shape index (κ2) is 21.3. The molecule has 2 saturated heterocycles. The van der Waals surface area contributed by atoms with Gasteiger partial charge in [-0.1, -0.05) is 24.3 Å². The number of piperidine rings is 2. The molecule has 4 aromatic rings. The first kappa shape index (κ1) is 55.4. The summed E-state index contributed by atoms with van der Waals surface area (Å²) in [7, 11) is -8.10. The zero-order valence-electron chi connectivity index (χ0n) is 41.7.